The molecule has 29 heavy (non-hydrogen) atoms. The van der Waals surface area contributed by atoms with E-state index in [-0.39, 0.29) is 11.8 Å². The Morgan fingerprint density at radius 2 is 2.03 bits per heavy atom. The summed E-state index contributed by atoms with van der Waals surface area (Å²) in [5.41, 5.74) is 1.81. The molecule has 1 atom stereocenters. The first-order valence-electron chi connectivity index (χ1n) is 9.34. The summed E-state index contributed by atoms with van der Waals surface area (Å²) in [6.45, 7) is 2.58. The van der Waals surface area contributed by atoms with Crippen LogP contribution in [0.2, 0.25) is 0 Å². The van der Waals surface area contributed by atoms with Crippen LogP contribution < -0.4 is 10.1 Å². The van der Waals surface area contributed by atoms with Crippen molar-refractivity contribution >= 4 is 39.6 Å². The lowest BCUT2D eigenvalue weighted by molar-refractivity contribution is -0.119. The van der Waals surface area contributed by atoms with E-state index < -0.39 is 6.04 Å². The van der Waals surface area contributed by atoms with E-state index in [4.69, 9.17) is 4.74 Å². The fourth-order valence-electron chi connectivity index (χ4n) is 3.48. The summed E-state index contributed by atoms with van der Waals surface area (Å²) in [7, 11) is 1.63. The van der Waals surface area contributed by atoms with Crippen molar-refractivity contribution in [1.29, 1.82) is 0 Å². The first kappa shape index (κ1) is 19.6. The minimum absolute atomic E-state index is 0.0770. The number of hydrogen-bond donors (Lipinski definition) is 1. The van der Waals surface area contributed by atoms with Crippen molar-refractivity contribution in [3.8, 4) is 17.0 Å². The molecule has 0 bridgehead atoms. The predicted molar refractivity (Wildman–Crippen MR) is 116 cm³/mol. The number of amides is 2. The van der Waals surface area contributed by atoms with Gasteiger partial charge < -0.3 is 15.0 Å². The van der Waals surface area contributed by atoms with Crippen LogP contribution in [0, 0.1) is 6.92 Å². The molecule has 150 valence electrons. The highest BCUT2D eigenvalue weighted by molar-refractivity contribution is 7.16. The topological polar surface area (TPSA) is 71.5 Å². The molecule has 6 nitrogen and oxygen atoms in total. The number of rotatable bonds is 5. The van der Waals surface area contributed by atoms with Crippen LogP contribution in [0.5, 0.6) is 5.75 Å². The maximum atomic E-state index is 12.9. The second kappa shape index (κ2) is 8.34. The Balaban J connectivity index is 1.49. The van der Waals surface area contributed by atoms with Crippen molar-refractivity contribution in [3.05, 3.63) is 51.5 Å². The third kappa shape index (κ3) is 4.04. The van der Waals surface area contributed by atoms with Gasteiger partial charge in [-0.3, -0.25) is 9.59 Å². The average molecular weight is 428 g/mol. The summed E-state index contributed by atoms with van der Waals surface area (Å²) < 4.78 is 5.20. The van der Waals surface area contributed by atoms with Gasteiger partial charge in [-0.15, -0.1) is 22.7 Å². The summed E-state index contributed by atoms with van der Waals surface area (Å²) in [6, 6.07) is 10.9. The maximum absolute atomic E-state index is 12.9. The van der Waals surface area contributed by atoms with Gasteiger partial charge in [0.05, 0.1) is 17.7 Å². The molecule has 3 aromatic rings. The third-order valence-electron chi connectivity index (χ3n) is 4.94. The number of aryl methyl sites for hydroxylation is 1. The zero-order valence-corrected chi connectivity index (χ0v) is 17.8. The van der Waals surface area contributed by atoms with Crippen molar-refractivity contribution in [2.24, 2.45) is 0 Å². The smallest absolute Gasteiger partial charge is 0.264 e. The SMILES string of the molecule is COc1ccc(-c2nc(NC(=O)C3CCCN3C(=O)c3cccs3)sc2C)cc1. The van der Waals surface area contributed by atoms with Gasteiger partial charge in [-0.25, -0.2) is 4.98 Å². The average Bonchev–Trinajstić information content (AvgIpc) is 3.48. The Labute approximate surface area is 177 Å². The fraction of sp³-hybridized carbons (Fsp3) is 0.286. The predicted octanol–water partition coefficient (Wildman–Crippen LogP) is 4.43. The molecule has 1 aliphatic heterocycles. The lowest BCUT2D eigenvalue weighted by Crippen LogP contribution is -2.42. The van der Waals surface area contributed by atoms with Crippen LogP contribution >= 0.6 is 22.7 Å². The Bertz CT molecular complexity index is 1010. The van der Waals surface area contributed by atoms with E-state index in [1.54, 1.807) is 18.1 Å². The molecule has 8 heteroatoms. The number of ether oxygens (including phenoxy) is 1. The van der Waals surface area contributed by atoms with Crippen molar-refractivity contribution in [2.75, 3.05) is 19.0 Å². The van der Waals surface area contributed by atoms with E-state index in [1.807, 2.05) is 42.6 Å². The molecule has 0 radical (unpaired) electrons. The summed E-state index contributed by atoms with van der Waals surface area (Å²) >= 11 is 2.84. The number of nitrogens with one attached hydrogen (secondary N) is 1. The van der Waals surface area contributed by atoms with Crippen molar-refractivity contribution in [2.45, 2.75) is 25.8 Å². The van der Waals surface area contributed by atoms with Gasteiger partial charge in [0.15, 0.2) is 5.13 Å². The van der Waals surface area contributed by atoms with Crippen LogP contribution in [0.1, 0.15) is 27.4 Å². The molecule has 1 fully saturated rings. The Morgan fingerprint density at radius 1 is 1.24 bits per heavy atom. The van der Waals surface area contributed by atoms with Crippen molar-refractivity contribution in [1.82, 2.24) is 9.88 Å². The molecular weight excluding hydrogens is 406 g/mol. The lowest BCUT2D eigenvalue weighted by Gasteiger charge is -2.22. The molecule has 0 spiro atoms. The molecule has 1 aromatic carbocycles. The molecule has 2 amide bonds. The largest absolute Gasteiger partial charge is 0.497 e. The van der Waals surface area contributed by atoms with Crippen molar-refractivity contribution < 1.29 is 14.3 Å². The highest BCUT2D eigenvalue weighted by atomic mass is 32.1. The van der Waals surface area contributed by atoms with E-state index in [1.165, 1.54) is 22.7 Å². The van der Waals surface area contributed by atoms with Crippen LogP contribution in [-0.2, 0) is 4.79 Å². The summed E-state index contributed by atoms with van der Waals surface area (Å²) in [5.74, 6) is 0.529. The van der Waals surface area contributed by atoms with Gasteiger partial charge in [0, 0.05) is 17.0 Å². The number of methoxy groups -OCH3 is 1. The number of carbonyl (C=O) groups is 2. The number of carbonyl (C=O) groups excluding carboxylic acids is 2. The number of aromatic nitrogens is 1. The maximum Gasteiger partial charge on any atom is 0.264 e. The van der Waals surface area contributed by atoms with E-state index >= 15 is 0 Å². The molecule has 3 heterocycles. The van der Waals surface area contributed by atoms with Gasteiger partial charge >= 0.3 is 0 Å². The third-order valence-corrected chi connectivity index (χ3v) is 6.68. The van der Waals surface area contributed by atoms with Crippen molar-refractivity contribution in [3.63, 3.8) is 0 Å². The van der Waals surface area contributed by atoms with Crippen LogP contribution in [0.15, 0.2) is 41.8 Å². The van der Waals surface area contributed by atoms with Gasteiger partial charge in [0.2, 0.25) is 5.91 Å². The number of nitrogens with zero attached hydrogens (tertiary/aromatic N) is 2. The van der Waals surface area contributed by atoms with E-state index in [0.29, 0.717) is 23.0 Å². The number of benzene rings is 1. The molecule has 0 saturated carbocycles. The van der Waals surface area contributed by atoms with E-state index in [0.717, 1.165) is 28.3 Å². The van der Waals surface area contributed by atoms with Crippen LogP contribution in [-0.4, -0.2) is 41.4 Å². The highest BCUT2D eigenvalue weighted by Gasteiger charge is 2.35. The first-order chi connectivity index (χ1) is 14.1. The zero-order chi connectivity index (χ0) is 20.4. The van der Waals surface area contributed by atoms with E-state index in [9.17, 15) is 9.59 Å². The van der Waals surface area contributed by atoms with Gasteiger partial charge in [-0.2, -0.15) is 0 Å². The number of hydrogen-bond acceptors (Lipinski definition) is 6. The highest BCUT2D eigenvalue weighted by Crippen LogP contribution is 2.32. The molecule has 1 N–H and O–H groups in total. The summed E-state index contributed by atoms with van der Waals surface area (Å²) in [5, 5.41) is 5.34. The molecule has 2 aromatic heterocycles. The molecule has 1 unspecified atom stereocenters. The van der Waals surface area contributed by atoms with Gasteiger partial charge in [0.1, 0.15) is 11.8 Å². The zero-order valence-electron chi connectivity index (χ0n) is 16.2. The lowest BCUT2D eigenvalue weighted by atomic mass is 10.1. The number of thiophene rings is 1. The summed E-state index contributed by atoms with van der Waals surface area (Å²) in [6.07, 6.45) is 1.49. The molecular formula is C21H21N3O3S2. The Morgan fingerprint density at radius 3 is 2.72 bits per heavy atom. The normalized spacial score (nSPS) is 16.1. The second-order valence-electron chi connectivity index (χ2n) is 6.78. The van der Waals surface area contributed by atoms with Gasteiger partial charge in [0.25, 0.3) is 5.91 Å². The Kier molecular flexibility index (Phi) is 5.64. The molecule has 0 aliphatic carbocycles. The fourth-order valence-corrected chi connectivity index (χ4v) is 5.00. The Hall–Kier alpha value is -2.71. The standard InChI is InChI=1S/C21H21N3O3S2/c1-13-18(14-7-9-15(27-2)10-8-14)22-21(29-13)23-19(25)16-5-3-11-24(16)20(26)17-6-4-12-28-17/h4,6-10,12,16H,3,5,11H2,1-2H3,(H,22,23,25). The minimum Gasteiger partial charge on any atom is -0.497 e. The van der Waals surface area contributed by atoms with Crippen LogP contribution in [0.3, 0.4) is 0 Å². The van der Waals surface area contributed by atoms with Gasteiger partial charge in [-0.05, 0) is 55.5 Å². The summed E-state index contributed by atoms with van der Waals surface area (Å²) in [4.78, 5) is 33.6. The first-order valence-corrected chi connectivity index (χ1v) is 11.0. The monoisotopic (exact) mass is 427 g/mol. The number of anilines is 1. The van der Waals surface area contributed by atoms with Gasteiger partial charge in [-0.1, -0.05) is 6.07 Å². The van der Waals surface area contributed by atoms with E-state index in [2.05, 4.69) is 10.3 Å². The number of thiazole rings is 1. The second-order valence-corrected chi connectivity index (χ2v) is 8.93. The van der Waals surface area contributed by atoms with Crippen LogP contribution in [0.4, 0.5) is 5.13 Å². The minimum atomic E-state index is -0.460. The molecule has 1 aliphatic rings. The number of likely N-dealkylation sites (tertiary alicyclic amines) is 1. The quantitative estimate of drug-likeness (QED) is 0.654. The molecule has 1 saturated heterocycles. The van der Waals surface area contributed by atoms with Crippen LogP contribution in [0.25, 0.3) is 11.3 Å². The molecule has 4 rings (SSSR count).